The Morgan fingerprint density at radius 3 is 2.33 bits per heavy atom. The van der Waals surface area contributed by atoms with E-state index in [0.717, 1.165) is 41.8 Å². The Hall–Kier alpha value is -5.05. The van der Waals surface area contributed by atoms with Crippen LogP contribution in [-0.2, 0) is 26.2 Å². The van der Waals surface area contributed by atoms with E-state index in [9.17, 15) is 27.9 Å². The molecule has 4 aromatic rings. The van der Waals surface area contributed by atoms with Crippen LogP contribution in [0.1, 0.15) is 61.5 Å². The molecule has 14 heteroatoms. The number of aliphatic hydroxyl groups excluding tert-OH is 1. The second kappa shape index (κ2) is 16.8. The summed E-state index contributed by atoms with van der Waals surface area (Å²) in [6.45, 7) is 1.07. The summed E-state index contributed by atoms with van der Waals surface area (Å²) >= 11 is 0. The molecule has 3 aromatic carbocycles. The normalized spacial score (nSPS) is 15.5. The highest BCUT2D eigenvalue weighted by molar-refractivity contribution is 7.89. The molecular weight excluding hydrogens is 675 g/mol. The number of sulfonamides is 1. The summed E-state index contributed by atoms with van der Waals surface area (Å²) in [7, 11) is -3.01. The maximum absolute atomic E-state index is 14.5. The monoisotopic (exact) mass is 717 g/mol. The van der Waals surface area contributed by atoms with E-state index in [1.807, 2.05) is 12.1 Å². The maximum atomic E-state index is 14.5. The fourth-order valence-electron chi connectivity index (χ4n) is 6.02. The van der Waals surface area contributed by atoms with Crippen LogP contribution in [0.3, 0.4) is 0 Å². The Morgan fingerprint density at radius 1 is 0.941 bits per heavy atom. The third-order valence-electron chi connectivity index (χ3n) is 8.68. The van der Waals surface area contributed by atoms with Gasteiger partial charge in [-0.15, -0.1) is 0 Å². The molecular formula is C37H43N5O8S. The number of amides is 3. The number of fused-ring (bicyclic) bond motifs is 1. The molecule has 1 aromatic heterocycles. The van der Waals surface area contributed by atoms with Crippen molar-refractivity contribution in [1.82, 2.24) is 19.9 Å². The number of methoxy groups -OCH3 is 1. The van der Waals surface area contributed by atoms with E-state index in [1.165, 1.54) is 38.3 Å². The largest absolute Gasteiger partial charge is 0.493 e. The fraction of sp³-hybridized carbons (Fsp3) is 0.351. The second-order valence-electron chi connectivity index (χ2n) is 12.5. The van der Waals surface area contributed by atoms with Crippen molar-refractivity contribution < 1.29 is 37.4 Å². The molecule has 1 aliphatic carbocycles. The molecule has 1 fully saturated rings. The first-order chi connectivity index (χ1) is 24.5. The van der Waals surface area contributed by atoms with E-state index in [4.69, 9.17) is 15.2 Å². The lowest BCUT2D eigenvalue weighted by atomic mass is 9.98. The summed E-state index contributed by atoms with van der Waals surface area (Å²) in [6, 6.07) is 21.7. The summed E-state index contributed by atoms with van der Waals surface area (Å²) in [5, 5.41) is 16.9. The van der Waals surface area contributed by atoms with Gasteiger partial charge in [-0.05, 0) is 62.4 Å². The SMILES string of the molecule is COc1ccc(S(=O)(=O)N(Cc2ccccc2)[C@H](NC(=O)[C@H](CC(N)=O)NC(=O)c2ccc3ccccc3n2)[C@@H](C)O)cc1OC1CCCCC1. The highest BCUT2D eigenvalue weighted by atomic mass is 32.2. The smallest absolute Gasteiger partial charge is 0.270 e. The zero-order valence-corrected chi connectivity index (χ0v) is 29.3. The third-order valence-corrected chi connectivity index (χ3v) is 10.5. The van der Waals surface area contributed by atoms with E-state index in [0.29, 0.717) is 16.8 Å². The van der Waals surface area contributed by atoms with Gasteiger partial charge in [0.1, 0.15) is 17.9 Å². The number of carbonyl (C=O) groups is 3. The van der Waals surface area contributed by atoms with Crippen LogP contribution < -0.4 is 25.8 Å². The Labute approximate surface area is 297 Å². The van der Waals surface area contributed by atoms with Crippen molar-refractivity contribution in [2.45, 2.75) is 81.3 Å². The molecule has 270 valence electrons. The summed E-state index contributed by atoms with van der Waals surface area (Å²) in [6.07, 6.45) is 1.04. The molecule has 3 atom stereocenters. The van der Waals surface area contributed by atoms with Crippen LogP contribution in [0.2, 0.25) is 0 Å². The average molecular weight is 718 g/mol. The number of carbonyl (C=O) groups excluding carboxylic acids is 3. The zero-order valence-electron chi connectivity index (χ0n) is 28.5. The highest BCUT2D eigenvalue weighted by Crippen LogP contribution is 2.35. The van der Waals surface area contributed by atoms with Crippen molar-refractivity contribution in [2.24, 2.45) is 5.73 Å². The molecule has 13 nitrogen and oxygen atoms in total. The van der Waals surface area contributed by atoms with Crippen LogP contribution >= 0.6 is 0 Å². The lowest BCUT2D eigenvalue weighted by molar-refractivity contribution is -0.129. The Morgan fingerprint density at radius 2 is 1.65 bits per heavy atom. The number of nitrogens with one attached hydrogen (secondary N) is 2. The zero-order chi connectivity index (χ0) is 36.5. The molecule has 0 unspecified atom stereocenters. The molecule has 0 aliphatic heterocycles. The minimum atomic E-state index is -4.48. The van der Waals surface area contributed by atoms with Gasteiger partial charge in [0.2, 0.25) is 21.8 Å². The number of nitrogens with two attached hydrogens (primary N) is 1. The summed E-state index contributed by atoms with van der Waals surface area (Å²) in [5.41, 5.74) is 6.56. The fourth-order valence-corrected chi connectivity index (χ4v) is 7.63. The number of pyridine rings is 1. The van der Waals surface area contributed by atoms with E-state index in [1.54, 1.807) is 48.5 Å². The van der Waals surface area contributed by atoms with E-state index < -0.39 is 52.5 Å². The maximum Gasteiger partial charge on any atom is 0.270 e. The van der Waals surface area contributed by atoms with Crippen molar-refractivity contribution in [3.63, 3.8) is 0 Å². The molecule has 5 rings (SSSR count). The van der Waals surface area contributed by atoms with Gasteiger partial charge in [0, 0.05) is 18.0 Å². The number of hydrogen-bond donors (Lipinski definition) is 4. The lowest BCUT2D eigenvalue weighted by Gasteiger charge is -2.34. The Balaban J connectivity index is 1.46. The lowest BCUT2D eigenvalue weighted by Crippen LogP contribution is -2.59. The van der Waals surface area contributed by atoms with Gasteiger partial charge in [-0.2, -0.15) is 4.31 Å². The third kappa shape index (κ3) is 9.39. The van der Waals surface area contributed by atoms with Crippen molar-refractivity contribution >= 4 is 38.6 Å². The van der Waals surface area contributed by atoms with Gasteiger partial charge in [-0.3, -0.25) is 14.4 Å². The van der Waals surface area contributed by atoms with Crippen molar-refractivity contribution in [1.29, 1.82) is 0 Å². The van der Waals surface area contributed by atoms with Crippen molar-refractivity contribution in [3.8, 4) is 11.5 Å². The average Bonchev–Trinajstić information content (AvgIpc) is 3.12. The van der Waals surface area contributed by atoms with Crippen molar-refractivity contribution in [3.05, 3.63) is 96.2 Å². The van der Waals surface area contributed by atoms with Gasteiger partial charge in [-0.25, -0.2) is 13.4 Å². The topological polar surface area (TPSA) is 190 Å². The molecule has 51 heavy (non-hydrogen) atoms. The predicted octanol–water partition coefficient (Wildman–Crippen LogP) is 3.64. The number of rotatable bonds is 15. The minimum absolute atomic E-state index is 0.0120. The molecule has 5 N–H and O–H groups in total. The minimum Gasteiger partial charge on any atom is -0.493 e. The van der Waals surface area contributed by atoms with E-state index >= 15 is 0 Å². The second-order valence-corrected chi connectivity index (χ2v) is 14.4. The van der Waals surface area contributed by atoms with Crippen LogP contribution in [0.4, 0.5) is 0 Å². The molecule has 0 radical (unpaired) electrons. The first kappa shape index (κ1) is 37.2. The van der Waals surface area contributed by atoms with Crippen molar-refractivity contribution in [2.75, 3.05) is 7.11 Å². The van der Waals surface area contributed by atoms with Crippen LogP contribution in [0.25, 0.3) is 10.9 Å². The van der Waals surface area contributed by atoms with Gasteiger partial charge in [0.15, 0.2) is 11.5 Å². The van der Waals surface area contributed by atoms with Crippen LogP contribution in [-0.4, -0.2) is 72.1 Å². The van der Waals surface area contributed by atoms with Gasteiger partial charge in [0.25, 0.3) is 5.91 Å². The van der Waals surface area contributed by atoms with Crippen LogP contribution in [0.5, 0.6) is 11.5 Å². The van der Waals surface area contributed by atoms with Crippen LogP contribution in [0, 0.1) is 0 Å². The summed E-state index contributed by atoms with van der Waals surface area (Å²) < 4.78 is 41.8. The molecule has 1 aliphatic rings. The Kier molecular flexibility index (Phi) is 12.2. The first-order valence-electron chi connectivity index (χ1n) is 16.8. The molecule has 0 spiro atoms. The quantitative estimate of drug-likeness (QED) is 0.133. The summed E-state index contributed by atoms with van der Waals surface area (Å²) in [5.74, 6) is -1.98. The van der Waals surface area contributed by atoms with Gasteiger partial charge < -0.3 is 30.9 Å². The number of primary amides is 1. The molecule has 0 saturated heterocycles. The van der Waals surface area contributed by atoms with Gasteiger partial charge in [-0.1, -0.05) is 61.0 Å². The number of aliphatic hydroxyl groups is 1. The van der Waals surface area contributed by atoms with E-state index in [-0.39, 0.29) is 29.0 Å². The first-order valence-corrected chi connectivity index (χ1v) is 18.2. The Bertz CT molecular complexity index is 1950. The number of aromatic nitrogens is 1. The van der Waals surface area contributed by atoms with Crippen LogP contribution in [0.15, 0.2) is 89.8 Å². The summed E-state index contributed by atoms with van der Waals surface area (Å²) in [4.78, 5) is 43.4. The number of hydrogen-bond acceptors (Lipinski definition) is 9. The number of benzene rings is 3. The number of ether oxygens (including phenoxy) is 2. The molecule has 1 saturated carbocycles. The van der Waals surface area contributed by atoms with Gasteiger partial charge in [0.05, 0.1) is 36.2 Å². The highest BCUT2D eigenvalue weighted by Gasteiger charge is 2.38. The number of para-hydroxylation sites is 1. The van der Waals surface area contributed by atoms with E-state index in [2.05, 4.69) is 15.6 Å². The standard InChI is InChI=1S/C37H43N5O8S/c1-24(43)35(41-37(46)31(22-34(38)44)40-36(45)30-19-17-26-13-9-10-16-29(26)39-30)42(23-25-11-5-3-6-12-25)51(47,48)28-18-20-32(49-2)33(21-28)50-27-14-7-4-8-15-27/h3,5-6,9-13,16-21,24,27,31,35,43H,4,7-8,14-15,22-23H2,1-2H3,(H2,38,44)(H,40,45)(H,41,46)/t24-,31+,35+/m1/s1. The molecule has 1 heterocycles. The predicted molar refractivity (Wildman–Crippen MR) is 190 cm³/mol. The molecule has 0 bridgehead atoms. The van der Waals surface area contributed by atoms with Gasteiger partial charge >= 0.3 is 0 Å². The molecule has 3 amide bonds. The number of nitrogens with zero attached hydrogens (tertiary/aromatic N) is 2.